The molecule has 2 N–H and O–H groups in total. The van der Waals surface area contributed by atoms with Crippen molar-refractivity contribution < 1.29 is 0 Å². The second-order valence-corrected chi connectivity index (χ2v) is 5.78. The van der Waals surface area contributed by atoms with Crippen molar-refractivity contribution in [3.8, 4) is 11.3 Å². The van der Waals surface area contributed by atoms with E-state index in [4.69, 9.17) is 4.98 Å². The second kappa shape index (κ2) is 6.97. The third-order valence-electron chi connectivity index (χ3n) is 3.40. The summed E-state index contributed by atoms with van der Waals surface area (Å²) in [5.74, 6) is 0.834. The van der Waals surface area contributed by atoms with Gasteiger partial charge < -0.3 is 10.6 Å². The topological polar surface area (TPSA) is 37.0 Å². The van der Waals surface area contributed by atoms with E-state index in [9.17, 15) is 0 Å². The Hall–Kier alpha value is -2.81. The number of hydrogen-bond acceptors (Lipinski definition) is 3. The largest absolute Gasteiger partial charge is 0.383 e. The summed E-state index contributed by atoms with van der Waals surface area (Å²) in [5.41, 5.74) is 4.15. The summed E-state index contributed by atoms with van der Waals surface area (Å²) in [6.45, 7) is 4.26. The van der Waals surface area contributed by atoms with E-state index in [-0.39, 0.29) is 0 Å². The smallest absolute Gasteiger partial charge is 0.133 e. The summed E-state index contributed by atoms with van der Waals surface area (Å²) in [6.07, 6.45) is 0. The Morgan fingerprint density at radius 2 is 1.43 bits per heavy atom. The van der Waals surface area contributed by atoms with Gasteiger partial charge in [-0.2, -0.15) is 0 Å². The minimum absolute atomic E-state index is 0.366. The number of para-hydroxylation sites is 1. The molecule has 116 valence electrons. The Balaban J connectivity index is 1.98. The average Bonchev–Trinajstić information content (AvgIpc) is 2.56. The maximum Gasteiger partial charge on any atom is 0.133 e. The molecule has 0 fully saturated rings. The first-order chi connectivity index (χ1) is 11.2. The highest BCUT2D eigenvalue weighted by molar-refractivity contribution is 5.70. The average molecular weight is 303 g/mol. The first-order valence-corrected chi connectivity index (χ1v) is 7.87. The molecule has 3 rings (SSSR count). The third kappa shape index (κ3) is 4.10. The minimum atomic E-state index is 0.366. The van der Waals surface area contributed by atoms with Crippen LogP contribution in [0, 0.1) is 0 Å². The van der Waals surface area contributed by atoms with Crippen molar-refractivity contribution in [2.45, 2.75) is 19.9 Å². The maximum absolute atomic E-state index is 4.76. The lowest BCUT2D eigenvalue weighted by molar-refractivity contribution is 0.899. The molecular weight excluding hydrogens is 282 g/mol. The van der Waals surface area contributed by atoms with E-state index < -0.39 is 0 Å². The van der Waals surface area contributed by atoms with E-state index in [2.05, 4.69) is 42.7 Å². The van der Waals surface area contributed by atoms with Crippen molar-refractivity contribution in [3.05, 3.63) is 72.8 Å². The molecule has 0 saturated heterocycles. The first-order valence-electron chi connectivity index (χ1n) is 7.87. The van der Waals surface area contributed by atoms with Crippen LogP contribution in [-0.4, -0.2) is 11.0 Å². The van der Waals surface area contributed by atoms with Gasteiger partial charge in [-0.1, -0.05) is 48.5 Å². The van der Waals surface area contributed by atoms with Gasteiger partial charge in [-0.05, 0) is 32.0 Å². The van der Waals surface area contributed by atoms with Crippen molar-refractivity contribution in [1.29, 1.82) is 0 Å². The van der Waals surface area contributed by atoms with Gasteiger partial charge in [0.1, 0.15) is 5.82 Å². The van der Waals surface area contributed by atoms with Crippen molar-refractivity contribution in [1.82, 2.24) is 4.98 Å². The fourth-order valence-electron chi connectivity index (χ4n) is 2.44. The van der Waals surface area contributed by atoms with Gasteiger partial charge in [0.15, 0.2) is 0 Å². The zero-order valence-corrected chi connectivity index (χ0v) is 13.5. The van der Waals surface area contributed by atoms with Crippen molar-refractivity contribution in [2.24, 2.45) is 0 Å². The molecule has 0 aliphatic carbocycles. The lowest BCUT2D eigenvalue weighted by Gasteiger charge is -2.14. The summed E-state index contributed by atoms with van der Waals surface area (Å²) < 4.78 is 0. The van der Waals surface area contributed by atoms with Gasteiger partial charge in [0.2, 0.25) is 0 Å². The molecule has 0 unspecified atom stereocenters. The SMILES string of the molecule is CC(C)Nc1cc(Nc2ccccc2)nc(-c2ccccc2)c1. The maximum atomic E-state index is 4.76. The lowest BCUT2D eigenvalue weighted by atomic mass is 10.1. The molecule has 2 aromatic carbocycles. The van der Waals surface area contributed by atoms with Gasteiger partial charge in [-0.3, -0.25) is 0 Å². The van der Waals surface area contributed by atoms with E-state index in [0.29, 0.717) is 6.04 Å². The number of nitrogens with one attached hydrogen (secondary N) is 2. The fraction of sp³-hybridized carbons (Fsp3) is 0.150. The van der Waals surface area contributed by atoms with Crippen LogP contribution in [0.1, 0.15) is 13.8 Å². The van der Waals surface area contributed by atoms with Crippen molar-refractivity contribution in [2.75, 3.05) is 10.6 Å². The van der Waals surface area contributed by atoms with Crippen LogP contribution in [0.25, 0.3) is 11.3 Å². The molecule has 0 bridgehead atoms. The molecule has 1 aromatic heterocycles. The predicted molar refractivity (Wildman–Crippen MR) is 98.2 cm³/mol. The van der Waals surface area contributed by atoms with Gasteiger partial charge in [-0.25, -0.2) is 4.98 Å². The Morgan fingerprint density at radius 3 is 2.09 bits per heavy atom. The lowest BCUT2D eigenvalue weighted by Crippen LogP contribution is -2.10. The number of benzene rings is 2. The summed E-state index contributed by atoms with van der Waals surface area (Å²) in [4.78, 5) is 4.76. The second-order valence-electron chi connectivity index (χ2n) is 5.78. The highest BCUT2D eigenvalue weighted by atomic mass is 15.0. The van der Waals surface area contributed by atoms with Gasteiger partial charge in [0, 0.05) is 29.0 Å². The molecule has 1 heterocycles. The van der Waals surface area contributed by atoms with E-state index >= 15 is 0 Å². The minimum Gasteiger partial charge on any atom is -0.383 e. The first kappa shape index (κ1) is 15.1. The molecule has 0 amide bonds. The fourth-order valence-corrected chi connectivity index (χ4v) is 2.44. The molecule has 3 heteroatoms. The zero-order valence-electron chi connectivity index (χ0n) is 13.5. The summed E-state index contributed by atoms with van der Waals surface area (Å²) in [7, 11) is 0. The number of pyridine rings is 1. The van der Waals surface area contributed by atoms with Crippen LogP contribution in [-0.2, 0) is 0 Å². The molecule has 23 heavy (non-hydrogen) atoms. The number of anilines is 3. The summed E-state index contributed by atoms with van der Waals surface area (Å²) >= 11 is 0. The quantitative estimate of drug-likeness (QED) is 0.670. The van der Waals surface area contributed by atoms with Gasteiger partial charge in [0.25, 0.3) is 0 Å². The van der Waals surface area contributed by atoms with Crippen LogP contribution in [0.15, 0.2) is 72.8 Å². The number of rotatable bonds is 5. The summed E-state index contributed by atoms with van der Waals surface area (Å²) in [6, 6.07) is 24.8. The Morgan fingerprint density at radius 1 is 0.783 bits per heavy atom. The van der Waals surface area contributed by atoms with Crippen LogP contribution in [0.5, 0.6) is 0 Å². The number of nitrogens with zero attached hydrogens (tertiary/aromatic N) is 1. The molecule has 0 atom stereocenters. The van der Waals surface area contributed by atoms with E-state index in [1.807, 2.05) is 54.6 Å². The molecule has 0 aliphatic heterocycles. The van der Waals surface area contributed by atoms with E-state index in [0.717, 1.165) is 28.5 Å². The predicted octanol–water partition coefficient (Wildman–Crippen LogP) is 5.31. The van der Waals surface area contributed by atoms with Gasteiger partial charge >= 0.3 is 0 Å². The molecule has 3 aromatic rings. The van der Waals surface area contributed by atoms with Crippen LogP contribution in [0.2, 0.25) is 0 Å². The van der Waals surface area contributed by atoms with Gasteiger partial charge in [0.05, 0.1) is 5.69 Å². The van der Waals surface area contributed by atoms with Crippen LogP contribution < -0.4 is 10.6 Å². The van der Waals surface area contributed by atoms with Crippen LogP contribution in [0.4, 0.5) is 17.2 Å². The van der Waals surface area contributed by atoms with Crippen molar-refractivity contribution in [3.63, 3.8) is 0 Å². The Bertz CT molecular complexity index is 752. The standard InChI is InChI=1S/C20H21N3/c1-15(2)21-18-13-19(16-9-5-3-6-10-16)23-20(14-18)22-17-11-7-4-8-12-17/h3-15H,1-2H3,(H2,21,22,23). The molecule has 0 aliphatic rings. The Kier molecular flexibility index (Phi) is 4.57. The summed E-state index contributed by atoms with van der Waals surface area (Å²) in [5, 5.41) is 6.84. The molecule has 0 saturated carbocycles. The number of hydrogen-bond donors (Lipinski definition) is 2. The Labute approximate surface area is 137 Å². The number of aromatic nitrogens is 1. The van der Waals surface area contributed by atoms with E-state index in [1.165, 1.54) is 0 Å². The monoisotopic (exact) mass is 303 g/mol. The third-order valence-corrected chi connectivity index (χ3v) is 3.40. The highest BCUT2D eigenvalue weighted by Gasteiger charge is 2.06. The molecule has 0 radical (unpaired) electrons. The van der Waals surface area contributed by atoms with Crippen molar-refractivity contribution >= 4 is 17.2 Å². The molecular formula is C20H21N3. The normalized spacial score (nSPS) is 10.6. The van der Waals surface area contributed by atoms with Crippen LogP contribution in [0.3, 0.4) is 0 Å². The van der Waals surface area contributed by atoms with Gasteiger partial charge in [-0.15, -0.1) is 0 Å². The molecule has 3 nitrogen and oxygen atoms in total. The zero-order chi connectivity index (χ0) is 16.1. The van der Waals surface area contributed by atoms with Crippen LogP contribution >= 0.6 is 0 Å². The highest BCUT2D eigenvalue weighted by Crippen LogP contribution is 2.26. The van der Waals surface area contributed by atoms with E-state index in [1.54, 1.807) is 0 Å². The molecule has 0 spiro atoms.